The molecule has 0 aliphatic carbocycles. The van der Waals surface area contributed by atoms with Gasteiger partial charge in [0.2, 0.25) is 0 Å². The number of ether oxygens (including phenoxy) is 2. The molecule has 3 N–H and O–H groups in total. The number of rotatable bonds is 9. The van der Waals surface area contributed by atoms with E-state index in [1.807, 2.05) is 54.6 Å². The maximum absolute atomic E-state index is 12.5. The average molecular weight is 391 g/mol. The predicted octanol–water partition coefficient (Wildman–Crippen LogP) is 2.67. The number of quaternary nitrogens is 1. The monoisotopic (exact) mass is 391 g/mol. The highest BCUT2D eigenvalue weighted by Crippen LogP contribution is 2.27. The van der Waals surface area contributed by atoms with Gasteiger partial charge in [0.15, 0.2) is 18.0 Å². The highest BCUT2D eigenvalue weighted by atomic mass is 16.5. The fourth-order valence-electron chi connectivity index (χ4n) is 3.27. The third-order valence-corrected chi connectivity index (χ3v) is 4.79. The topological polar surface area (TPSA) is 64.2 Å². The number of carbonyl (C=O) groups excluding carboxylic acids is 1. The minimum absolute atomic E-state index is 0.0170. The van der Waals surface area contributed by atoms with Crippen molar-refractivity contribution in [2.24, 2.45) is 0 Å². The zero-order valence-corrected chi connectivity index (χ0v) is 16.8. The lowest BCUT2D eigenvalue weighted by Gasteiger charge is -2.16. The van der Waals surface area contributed by atoms with Crippen LogP contribution in [0.1, 0.15) is 22.7 Å². The normalized spacial score (nSPS) is 10.6. The van der Waals surface area contributed by atoms with Crippen molar-refractivity contribution in [1.82, 2.24) is 5.32 Å². The van der Waals surface area contributed by atoms with Crippen molar-refractivity contribution in [3.63, 3.8) is 0 Å². The molecule has 0 aliphatic heterocycles. The molecule has 1 amide bonds. The maximum Gasteiger partial charge on any atom is 0.275 e. The minimum Gasteiger partial charge on any atom is -0.493 e. The van der Waals surface area contributed by atoms with Gasteiger partial charge in [-0.2, -0.15) is 0 Å². The molecule has 0 spiro atoms. The summed E-state index contributed by atoms with van der Waals surface area (Å²) in [5.74, 6) is 1.31. The lowest BCUT2D eigenvalue weighted by atomic mass is 9.99. The van der Waals surface area contributed by atoms with E-state index < -0.39 is 0 Å². The van der Waals surface area contributed by atoms with Crippen LogP contribution < -0.4 is 20.1 Å². The molecular weight excluding hydrogens is 364 g/mol. The van der Waals surface area contributed by atoms with Gasteiger partial charge in [-0.1, -0.05) is 66.7 Å². The predicted molar refractivity (Wildman–Crippen MR) is 113 cm³/mol. The van der Waals surface area contributed by atoms with Crippen LogP contribution in [-0.2, 0) is 11.3 Å². The largest absolute Gasteiger partial charge is 0.493 e. The molecule has 0 bridgehead atoms. The molecule has 3 aromatic carbocycles. The summed E-state index contributed by atoms with van der Waals surface area (Å²) in [6.07, 6.45) is 0. The van der Waals surface area contributed by atoms with Crippen LogP contribution in [0.25, 0.3) is 0 Å². The standard InChI is InChI=1S/C24H26N2O3/c1-28-21-14-13-18(15-22(21)29-2)16-25-23(27)17-26-24(19-9-5-3-6-10-19)20-11-7-4-8-12-20/h3-15,24,26H,16-17H2,1-2H3,(H,25,27)/p+1. The molecule has 0 saturated carbocycles. The summed E-state index contributed by atoms with van der Waals surface area (Å²) >= 11 is 0. The van der Waals surface area contributed by atoms with E-state index in [9.17, 15) is 4.79 Å². The Balaban J connectivity index is 1.61. The number of benzene rings is 3. The van der Waals surface area contributed by atoms with Crippen LogP contribution >= 0.6 is 0 Å². The molecule has 0 heterocycles. The second kappa shape index (κ2) is 10.3. The van der Waals surface area contributed by atoms with E-state index in [1.165, 1.54) is 11.1 Å². The van der Waals surface area contributed by atoms with Crippen LogP contribution in [0, 0.1) is 0 Å². The van der Waals surface area contributed by atoms with Crippen molar-refractivity contribution in [3.8, 4) is 11.5 Å². The van der Waals surface area contributed by atoms with Gasteiger partial charge in [0.1, 0.15) is 6.04 Å². The molecule has 0 fully saturated rings. The Morgan fingerprint density at radius 1 is 0.862 bits per heavy atom. The van der Waals surface area contributed by atoms with E-state index in [1.54, 1.807) is 14.2 Å². The van der Waals surface area contributed by atoms with Gasteiger partial charge in [-0.3, -0.25) is 4.79 Å². The Bertz CT molecular complexity index is 874. The van der Waals surface area contributed by atoms with Crippen molar-refractivity contribution < 1.29 is 19.6 Å². The van der Waals surface area contributed by atoms with Crippen LogP contribution in [0.2, 0.25) is 0 Å². The van der Waals surface area contributed by atoms with Gasteiger partial charge in [-0.25, -0.2) is 0 Å². The van der Waals surface area contributed by atoms with Crippen LogP contribution in [0.15, 0.2) is 78.9 Å². The summed E-state index contributed by atoms with van der Waals surface area (Å²) < 4.78 is 10.6. The summed E-state index contributed by atoms with van der Waals surface area (Å²) in [4.78, 5) is 12.5. The molecule has 0 radical (unpaired) electrons. The van der Waals surface area contributed by atoms with E-state index >= 15 is 0 Å². The molecular formula is C24H27N2O3+. The molecule has 0 atom stereocenters. The van der Waals surface area contributed by atoms with Gasteiger partial charge < -0.3 is 20.1 Å². The SMILES string of the molecule is COc1ccc(CNC(=O)C[NH2+]C(c2ccccc2)c2ccccc2)cc1OC. The molecule has 0 unspecified atom stereocenters. The van der Waals surface area contributed by atoms with Gasteiger partial charge in [0.05, 0.1) is 14.2 Å². The smallest absolute Gasteiger partial charge is 0.275 e. The Morgan fingerprint density at radius 2 is 1.45 bits per heavy atom. The third kappa shape index (κ3) is 5.59. The summed E-state index contributed by atoms with van der Waals surface area (Å²) in [6.45, 7) is 0.774. The summed E-state index contributed by atoms with van der Waals surface area (Å²) in [5, 5.41) is 5.04. The number of methoxy groups -OCH3 is 2. The maximum atomic E-state index is 12.5. The average Bonchev–Trinajstić information content (AvgIpc) is 2.79. The van der Waals surface area contributed by atoms with E-state index in [2.05, 4.69) is 34.9 Å². The number of carbonyl (C=O) groups is 1. The fraction of sp³-hybridized carbons (Fsp3) is 0.208. The zero-order chi connectivity index (χ0) is 20.5. The Hall–Kier alpha value is -3.31. The highest BCUT2D eigenvalue weighted by molar-refractivity contribution is 5.76. The van der Waals surface area contributed by atoms with Crippen LogP contribution in [0.4, 0.5) is 0 Å². The Kier molecular flexibility index (Phi) is 7.25. The van der Waals surface area contributed by atoms with Crippen LogP contribution in [-0.4, -0.2) is 26.7 Å². The number of amides is 1. The van der Waals surface area contributed by atoms with Gasteiger partial charge in [0.25, 0.3) is 5.91 Å². The molecule has 150 valence electrons. The Morgan fingerprint density at radius 3 is 2.00 bits per heavy atom. The number of hydrogen-bond donors (Lipinski definition) is 2. The zero-order valence-electron chi connectivity index (χ0n) is 16.8. The van der Waals surface area contributed by atoms with Gasteiger partial charge in [-0.05, 0) is 17.7 Å². The summed E-state index contributed by atoms with van der Waals surface area (Å²) in [5.41, 5.74) is 3.30. The van der Waals surface area contributed by atoms with Crippen LogP contribution in [0.3, 0.4) is 0 Å². The first-order valence-electron chi connectivity index (χ1n) is 9.62. The second-order valence-electron chi connectivity index (χ2n) is 6.70. The molecule has 5 heteroatoms. The van der Waals surface area contributed by atoms with Gasteiger partial charge >= 0.3 is 0 Å². The summed E-state index contributed by atoms with van der Waals surface area (Å²) in [7, 11) is 3.20. The lowest BCUT2D eigenvalue weighted by molar-refractivity contribution is -0.676. The van der Waals surface area contributed by atoms with E-state index in [0.29, 0.717) is 24.6 Å². The second-order valence-corrected chi connectivity index (χ2v) is 6.70. The molecule has 3 aromatic rings. The van der Waals surface area contributed by atoms with E-state index in [4.69, 9.17) is 9.47 Å². The third-order valence-electron chi connectivity index (χ3n) is 4.79. The molecule has 29 heavy (non-hydrogen) atoms. The molecule has 0 aromatic heterocycles. The first-order chi connectivity index (χ1) is 14.2. The highest BCUT2D eigenvalue weighted by Gasteiger charge is 2.18. The fourth-order valence-corrected chi connectivity index (χ4v) is 3.27. The first kappa shape index (κ1) is 20.4. The van der Waals surface area contributed by atoms with E-state index in [0.717, 1.165) is 5.56 Å². The lowest BCUT2D eigenvalue weighted by Crippen LogP contribution is -2.87. The number of nitrogens with one attached hydrogen (secondary N) is 1. The van der Waals surface area contributed by atoms with Crippen molar-refractivity contribution in [2.75, 3.05) is 20.8 Å². The first-order valence-corrected chi connectivity index (χ1v) is 9.62. The van der Waals surface area contributed by atoms with Crippen LogP contribution in [0.5, 0.6) is 11.5 Å². The molecule has 0 aliphatic rings. The van der Waals surface area contributed by atoms with Crippen molar-refractivity contribution >= 4 is 5.91 Å². The number of nitrogens with two attached hydrogens (primary N) is 1. The van der Waals surface area contributed by atoms with Gasteiger partial charge in [0, 0.05) is 17.7 Å². The van der Waals surface area contributed by atoms with Crippen molar-refractivity contribution in [1.29, 1.82) is 0 Å². The van der Waals surface area contributed by atoms with Gasteiger partial charge in [-0.15, -0.1) is 0 Å². The summed E-state index contributed by atoms with van der Waals surface area (Å²) in [6, 6.07) is 26.2. The van der Waals surface area contributed by atoms with Crippen molar-refractivity contribution in [2.45, 2.75) is 12.6 Å². The molecule has 3 rings (SSSR count). The van der Waals surface area contributed by atoms with E-state index in [-0.39, 0.29) is 11.9 Å². The van der Waals surface area contributed by atoms with Crippen molar-refractivity contribution in [3.05, 3.63) is 95.6 Å². The Labute approximate surface area is 171 Å². The molecule has 5 nitrogen and oxygen atoms in total. The molecule has 0 saturated heterocycles. The quantitative estimate of drug-likeness (QED) is 0.589. The number of hydrogen-bond acceptors (Lipinski definition) is 3. The minimum atomic E-state index is -0.0170.